The number of carbonyl (C=O) groups excluding carboxylic acids is 1. The van der Waals surface area contributed by atoms with E-state index >= 15 is 0 Å². The summed E-state index contributed by atoms with van der Waals surface area (Å²) in [6, 6.07) is 7.72. The van der Waals surface area contributed by atoms with Crippen molar-refractivity contribution in [3.63, 3.8) is 0 Å². The second-order valence-electron chi connectivity index (χ2n) is 5.44. The SMILES string of the molecule is Cc1nn(C)c(C)c1CCC(=O)Nc1n[nH]c2ccccc12. The van der Waals surface area contributed by atoms with Gasteiger partial charge in [-0.05, 0) is 38.0 Å². The van der Waals surface area contributed by atoms with Gasteiger partial charge < -0.3 is 5.32 Å². The van der Waals surface area contributed by atoms with E-state index in [0.717, 1.165) is 27.9 Å². The van der Waals surface area contributed by atoms with Crippen molar-refractivity contribution in [3.8, 4) is 0 Å². The van der Waals surface area contributed by atoms with Gasteiger partial charge in [0.2, 0.25) is 5.91 Å². The standard InChI is InChI=1S/C16H19N5O/c1-10-12(11(2)21(3)20-10)8-9-15(22)17-16-13-6-4-5-7-14(13)18-19-16/h4-7H,8-9H2,1-3H3,(H2,17,18,19,22). The smallest absolute Gasteiger partial charge is 0.225 e. The summed E-state index contributed by atoms with van der Waals surface area (Å²) >= 11 is 0. The van der Waals surface area contributed by atoms with Crippen molar-refractivity contribution in [2.75, 3.05) is 5.32 Å². The van der Waals surface area contributed by atoms with E-state index in [4.69, 9.17) is 0 Å². The molecule has 6 heteroatoms. The van der Waals surface area contributed by atoms with E-state index in [0.29, 0.717) is 18.7 Å². The van der Waals surface area contributed by atoms with Crippen LogP contribution in [0.2, 0.25) is 0 Å². The lowest BCUT2D eigenvalue weighted by Gasteiger charge is -2.04. The molecule has 114 valence electrons. The van der Waals surface area contributed by atoms with Gasteiger partial charge in [-0.3, -0.25) is 14.6 Å². The summed E-state index contributed by atoms with van der Waals surface area (Å²) in [5, 5.41) is 15.2. The monoisotopic (exact) mass is 297 g/mol. The number of aryl methyl sites for hydroxylation is 2. The molecular formula is C16H19N5O. The normalized spacial score (nSPS) is 11.0. The summed E-state index contributed by atoms with van der Waals surface area (Å²) in [4.78, 5) is 12.2. The fourth-order valence-corrected chi connectivity index (χ4v) is 2.67. The Kier molecular flexibility index (Phi) is 3.66. The zero-order valence-corrected chi connectivity index (χ0v) is 13.0. The van der Waals surface area contributed by atoms with Crippen LogP contribution in [0.3, 0.4) is 0 Å². The summed E-state index contributed by atoms with van der Waals surface area (Å²) in [6.45, 7) is 4.00. The molecule has 0 aliphatic rings. The highest BCUT2D eigenvalue weighted by Crippen LogP contribution is 2.20. The van der Waals surface area contributed by atoms with E-state index in [2.05, 4.69) is 20.6 Å². The Morgan fingerprint density at radius 3 is 2.82 bits per heavy atom. The number of amides is 1. The second-order valence-corrected chi connectivity index (χ2v) is 5.44. The number of carbonyl (C=O) groups is 1. The van der Waals surface area contributed by atoms with Crippen LogP contribution in [0, 0.1) is 13.8 Å². The quantitative estimate of drug-likeness (QED) is 0.777. The summed E-state index contributed by atoms with van der Waals surface area (Å²) in [5.74, 6) is 0.542. The van der Waals surface area contributed by atoms with E-state index in [-0.39, 0.29) is 5.91 Å². The highest BCUT2D eigenvalue weighted by atomic mass is 16.1. The number of aromatic nitrogens is 4. The van der Waals surface area contributed by atoms with E-state index in [1.165, 1.54) is 0 Å². The van der Waals surface area contributed by atoms with Gasteiger partial charge in [0.15, 0.2) is 5.82 Å². The number of nitrogens with zero attached hydrogens (tertiary/aromatic N) is 3. The molecular weight excluding hydrogens is 278 g/mol. The molecule has 22 heavy (non-hydrogen) atoms. The fourth-order valence-electron chi connectivity index (χ4n) is 2.67. The maximum absolute atomic E-state index is 12.2. The van der Waals surface area contributed by atoms with Crippen LogP contribution in [0.5, 0.6) is 0 Å². The Bertz CT molecular complexity index is 830. The summed E-state index contributed by atoms with van der Waals surface area (Å²) in [7, 11) is 1.92. The summed E-state index contributed by atoms with van der Waals surface area (Å²) < 4.78 is 1.85. The Hall–Kier alpha value is -2.63. The number of anilines is 1. The molecule has 0 saturated heterocycles. The lowest BCUT2D eigenvalue weighted by atomic mass is 10.1. The number of hydrogen-bond acceptors (Lipinski definition) is 3. The molecule has 0 aliphatic heterocycles. The molecule has 3 aromatic rings. The molecule has 0 saturated carbocycles. The molecule has 0 radical (unpaired) electrons. The fraction of sp³-hybridized carbons (Fsp3) is 0.312. The number of benzene rings is 1. The van der Waals surface area contributed by atoms with Crippen LogP contribution in [0.25, 0.3) is 10.9 Å². The van der Waals surface area contributed by atoms with Gasteiger partial charge in [-0.1, -0.05) is 12.1 Å². The van der Waals surface area contributed by atoms with Crippen molar-refractivity contribution in [2.24, 2.45) is 7.05 Å². The van der Waals surface area contributed by atoms with Crippen molar-refractivity contribution in [3.05, 3.63) is 41.2 Å². The maximum Gasteiger partial charge on any atom is 0.225 e. The van der Waals surface area contributed by atoms with Gasteiger partial charge in [0, 0.05) is 24.5 Å². The molecule has 3 rings (SSSR count). The van der Waals surface area contributed by atoms with E-state index < -0.39 is 0 Å². The van der Waals surface area contributed by atoms with Crippen LogP contribution in [0.4, 0.5) is 5.82 Å². The number of aromatic amines is 1. The summed E-state index contributed by atoms with van der Waals surface area (Å²) in [5.41, 5.74) is 4.15. The van der Waals surface area contributed by atoms with E-state index in [1.54, 1.807) is 0 Å². The lowest BCUT2D eigenvalue weighted by molar-refractivity contribution is -0.116. The molecule has 0 atom stereocenters. The number of nitrogens with one attached hydrogen (secondary N) is 2. The minimum Gasteiger partial charge on any atom is -0.309 e. The molecule has 1 amide bonds. The molecule has 0 spiro atoms. The van der Waals surface area contributed by atoms with Crippen LogP contribution in [0.15, 0.2) is 24.3 Å². The molecule has 2 N–H and O–H groups in total. The molecule has 0 fully saturated rings. The minimum atomic E-state index is -0.0418. The highest BCUT2D eigenvalue weighted by molar-refractivity contribution is 5.99. The number of fused-ring (bicyclic) bond motifs is 1. The molecule has 0 aliphatic carbocycles. The lowest BCUT2D eigenvalue weighted by Crippen LogP contribution is -2.13. The maximum atomic E-state index is 12.2. The van der Waals surface area contributed by atoms with Crippen molar-refractivity contribution in [1.29, 1.82) is 0 Å². The number of rotatable bonds is 4. The molecule has 0 bridgehead atoms. The second kappa shape index (κ2) is 5.63. The van der Waals surface area contributed by atoms with Gasteiger partial charge >= 0.3 is 0 Å². The first kappa shape index (κ1) is 14.3. The third-order valence-electron chi connectivity index (χ3n) is 3.99. The van der Waals surface area contributed by atoms with Gasteiger partial charge in [0.1, 0.15) is 0 Å². The summed E-state index contributed by atoms with van der Waals surface area (Å²) in [6.07, 6.45) is 1.09. The Balaban J connectivity index is 1.68. The zero-order valence-electron chi connectivity index (χ0n) is 13.0. The highest BCUT2D eigenvalue weighted by Gasteiger charge is 2.13. The molecule has 6 nitrogen and oxygen atoms in total. The number of H-pyrrole nitrogens is 1. The van der Waals surface area contributed by atoms with Crippen LogP contribution < -0.4 is 5.32 Å². The first-order valence-corrected chi connectivity index (χ1v) is 7.28. The Morgan fingerprint density at radius 2 is 2.09 bits per heavy atom. The van der Waals surface area contributed by atoms with Gasteiger partial charge in [0.25, 0.3) is 0 Å². The van der Waals surface area contributed by atoms with E-state index in [1.807, 2.05) is 49.8 Å². The minimum absolute atomic E-state index is 0.0418. The Morgan fingerprint density at radius 1 is 1.32 bits per heavy atom. The van der Waals surface area contributed by atoms with Gasteiger partial charge in [-0.2, -0.15) is 10.2 Å². The zero-order chi connectivity index (χ0) is 15.7. The van der Waals surface area contributed by atoms with Gasteiger partial charge in [-0.25, -0.2) is 0 Å². The van der Waals surface area contributed by atoms with Crippen LogP contribution in [-0.2, 0) is 18.3 Å². The van der Waals surface area contributed by atoms with Crippen LogP contribution in [-0.4, -0.2) is 25.9 Å². The number of hydrogen-bond donors (Lipinski definition) is 2. The first-order valence-electron chi connectivity index (χ1n) is 7.28. The predicted octanol–water partition coefficient (Wildman–Crippen LogP) is 2.48. The molecule has 1 aromatic carbocycles. The molecule has 2 aromatic heterocycles. The molecule has 2 heterocycles. The number of para-hydroxylation sites is 1. The van der Waals surface area contributed by atoms with Gasteiger partial charge in [0.05, 0.1) is 11.2 Å². The van der Waals surface area contributed by atoms with Crippen molar-refractivity contribution >= 4 is 22.6 Å². The molecule has 0 unspecified atom stereocenters. The Labute approximate surface area is 128 Å². The van der Waals surface area contributed by atoms with E-state index in [9.17, 15) is 4.79 Å². The third-order valence-corrected chi connectivity index (χ3v) is 3.99. The topological polar surface area (TPSA) is 75.6 Å². The average Bonchev–Trinajstić information content (AvgIpc) is 3.00. The van der Waals surface area contributed by atoms with Crippen LogP contribution in [0.1, 0.15) is 23.4 Å². The predicted molar refractivity (Wildman–Crippen MR) is 85.7 cm³/mol. The average molecular weight is 297 g/mol. The van der Waals surface area contributed by atoms with Crippen molar-refractivity contribution in [1.82, 2.24) is 20.0 Å². The largest absolute Gasteiger partial charge is 0.309 e. The van der Waals surface area contributed by atoms with Crippen LogP contribution >= 0.6 is 0 Å². The van der Waals surface area contributed by atoms with Gasteiger partial charge in [-0.15, -0.1) is 0 Å². The van der Waals surface area contributed by atoms with Crippen molar-refractivity contribution < 1.29 is 4.79 Å². The first-order chi connectivity index (χ1) is 10.6. The van der Waals surface area contributed by atoms with Crippen molar-refractivity contribution in [2.45, 2.75) is 26.7 Å². The third kappa shape index (κ3) is 2.59.